The van der Waals surface area contributed by atoms with Gasteiger partial charge in [0.2, 0.25) is 5.91 Å². The summed E-state index contributed by atoms with van der Waals surface area (Å²) >= 11 is 0. The highest BCUT2D eigenvalue weighted by atomic mass is 16.3. The van der Waals surface area contributed by atoms with E-state index in [1.807, 2.05) is 25.9 Å². The largest absolute Gasteiger partial charge is 0.392 e. The smallest absolute Gasteiger partial charge is 0.222 e. The zero-order valence-corrected chi connectivity index (χ0v) is 13.3. The first-order valence-corrected chi connectivity index (χ1v) is 7.82. The summed E-state index contributed by atoms with van der Waals surface area (Å²) in [7, 11) is 3.83. The number of rotatable bonds is 8. The summed E-state index contributed by atoms with van der Waals surface area (Å²) < 4.78 is 0. The molecule has 1 fully saturated rings. The van der Waals surface area contributed by atoms with Gasteiger partial charge in [-0.05, 0) is 58.8 Å². The fourth-order valence-electron chi connectivity index (χ4n) is 2.82. The molecule has 0 aliphatic carbocycles. The molecule has 1 aliphatic heterocycles. The number of carbonyl (C=O) groups excluding carboxylic acids is 1. The third-order valence-electron chi connectivity index (χ3n) is 4.00. The lowest BCUT2D eigenvalue weighted by Gasteiger charge is -2.34. The molecule has 1 aliphatic rings. The molecule has 2 N–H and O–H groups in total. The van der Waals surface area contributed by atoms with Gasteiger partial charge in [-0.1, -0.05) is 0 Å². The van der Waals surface area contributed by atoms with Crippen LogP contribution in [-0.4, -0.2) is 73.7 Å². The molecule has 1 unspecified atom stereocenters. The molecule has 118 valence electrons. The zero-order chi connectivity index (χ0) is 15.0. The van der Waals surface area contributed by atoms with Crippen LogP contribution in [0.25, 0.3) is 0 Å². The lowest BCUT2D eigenvalue weighted by atomic mass is 9.96. The number of aliphatic hydroxyl groups is 1. The van der Waals surface area contributed by atoms with E-state index in [0.717, 1.165) is 52.0 Å². The minimum Gasteiger partial charge on any atom is -0.392 e. The van der Waals surface area contributed by atoms with Gasteiger partial charge in [-0.15, -0.1) is 0 Å². The number of amides is 1. The SMILES string of the molecule is CNCCCC(=O)N(C)CC1CCN(CC(C)O)CC1. The molecule has 1 heterocycles. The van der Waals surface area contributed by atoms with E-state index in [4.69, 9.17) is 0 Å². The van der Waals surface area contributed by atoms with E-state index in [9.17, 15) is 9.90 Å². The zero-order valence-electron chi connectivity index (χ0n) is 13.3. The summed E-state index contributed by atoms with van der Waals surface area (Å²) in [5, 5.41) is 12.5. The number of piperidine rings is 1. The van der Waals surface area contributed by atoms with Crippen LogP contribution in [0.5, 0.6) is 0 Å². The first kappa shape index (κ1) is 17.4. The van der Waals surface area contributed by atoms with E-state index in [-0.39, 0.29) is 12.0 Å². The molecule has 5 heteroatoms. The first-order valence-electron chi connectivity index (χ1n) is 7.82. The van der Waals surface area contributed by atoms with Crippen molar-refractivity contribution in [2.24, 2.45) is 5.92 Å². The Balaban J connectivity index is 2.20. The maximum Gasteiger partial charge on any atom is 0.222 e. The molecular formula is C15H31N3O2. The molecule has 0 aromatic heterocycles. The normalized spacial score (nSPS) is 19.0. The number of aliphatic hydroxyl groups excluding tert-OH is 1. The maximum absolute atomic E-state index is 12.0. The Morgan fingerprint density at radius 1 is 1.45 bits per heavy atom. The minimum atomic E-state index is -0.247. The monoisotopic (exact) mass is 285 g/mol. The van der Waals surface area contributed by atoms with Crippen LogP contribution >= 0.6 is 0 Å². The average molecular weight is 285 g/mol. The Kier molecular flexibility index (Phi) is 8.11. The molecule has 0 saturated carbocycles. The Morgan fingerprint density at radius 3 is 2.65 bits per heavy atom. The van der Waals surface area contributed by atoms with Crippen molar-refractivity contribution < 1.29 is 9.90 Å². The lowest BCUT2D eigenvalue weighted by Crippen LogP contribution is -2.41. The number of β-amino-alcohol motifs (C(OH)–C–C–N with tert-alkyl or cyclic N) is 1. The predicted molar refractivity (Wildman–Crippen MR) is 81.6 cm³/mol. The van der Waals surface area contributed by atoms with Gasteiger partial charge in [-0.25, -0.2) is 0 Å². The summed E-state index contributed by atoms with van der Waals surface area (Å²) in [4.78, 5) is 16.2. The summed E-state index contributed by atoms with van der Waals surface area (Å²) in [6.45, 7) is 6.46. The highest BCUT2D eigenvalue weighted by molar-refractivity contribution is 5.75. The van der Waals surface area contributed by atoms with E-state index >= 15 is 0 Å². The second-order valence-corrected chi connectivity index (χ2v) is 6.07. The average Bonchev–Trinajstić information content (AvgIpc) is 2.40. The molecule has 0 bridgehead atoms. The van der Waals surface area contributed by atoms with Crippen LogP contribution in [0, 0.1) is 5.92 Å². The molecule has 0 aromatic rings. The van der Waals surface area contributed by atoms with Gasteiger partial charge in [0.05, 0.1) is 6.10 Å². The molecule has 0 spiro atoms. The highest BCUT2D eigenvalue weighted by Gasteiger charge is 2.22. The Morgan fingerprint density at radius 2 is 2.10 bits per heavy atom. The number of hydrogen-bond donors (Lipinski definition) is 2. The van der Waals surface area contributed by atoms with E-state index in [1.165, 1.54) is 0 Å². The second kappa shape index (κ2) is 9.32. The topological polar surface area (TPSA) is 55.8 Å². The Bertz CT molecular complexity index is 276. The third-order valence-corrected chi connectivity index (χ3v) is 4.00. The van der Waals surface area contributed by atoms with E-state index in [0.29, 0.717) is 12.3 Å². The fourth-order valence-corrected chi connectivity index (χ4v) is 2.82. The lowest BCUT2D eigenvalue weighted by molar-refractivity contribution is -0.130. The van der Waals surface area contributed by atoms with Crippen LogP contribution in [0.15, 0.2) is 0 Å². The third kappa shape index (κ3) is 6.68. The summed E-state index contributed by atoms with van der Waals surface area (Å²) in [6.07, 6.45) is 3.55. The molecule has 20 heavy (non-hydrogen) atoms. The summed E-state index contributed by atoms with van der Waals surface area (Å²) in [5.41, 5.74) is 0. The standard InChI is InChI=1S/C15H31N3O2/c1-13(19)11-18-9-6-14(7-10-18)12-17(3)15(20)5-4-8-16-2/h13-14,16,19H,4-12H2,1-3H3. The van der Waals surface area contributed by atoms with Gasteiger partial charge in [0.25, 0.3) is 0 Å². The van der Waals surface area contributed by atoms with Crippen molar-refractivity contribution in [2.75, 3.05) is 46.8 Å². The van der Waals surface area contributed by atoms with Crippen LogP contribution in [0.4, 0.5) is 0 Å². The fraction of sp³-hybridized carbons (Fsp3) is 0.933. The highest BCUT2D eigenvalue weighted by Crippen LogP contribution is 2.18. The first-order chi connectivity index (χ1) is 9.52. The van der Waals surface area contributed by atoms with Crippen LogP contribution in [0.1, 0.15) is 32.6 Å². The quantitative estimate of drug-likeness (QED) is 0.639. The predicted octanol–water partition coefficient (Wildman–Crippen LogP) is 0.537. The van der Waals surface area contributed by atoms with Crippen LogP contribution in [-0.2, 0) is 4.79 Å². The van der Waals surface area contributed by atoms with Crippen LogP contribution in [0.3, 0.4) is 0 Å². The number of nitrogens with one attached hydrogen (secondary N) is 1. The molecule has 1 saturated heterocycles. The van der Waals surface area contributed by atoms with Crippen LogP contribution in [0.2, 0.25) is 0 Å². The molecule has 0 aromatic carbocycles. The summed E-state index contributed by atoms with van der Waals surface area (Å²) in [6, 6.07) is 0. The van der Waals surface area contributed by atoms with E-state index in [2.05, 4.69) is 10.2 Å². The van der Waals surface area contributed by atoms with Gasteiger partial charge in [-0.3, -0.25) is 4.79 Å². The Hall–Kier alpha value is -0.650. The molecule has 1 amide bonds. The van der Waals surface area contributed by atoms with Crippen molar-refractivity contribution in [3.8, 4) is 0 Å². The van der Waals surface area contributed by atoms with Gasteiger partial charge in [-0.2, -0.15) is 0 Å². The molecule has 1 rings (SSSR count). The minimum absolute atomic E-state index is 0.247. The number of nitrogens with zero attached hydrogens (tertiary/aromatic N) is 2. The molecule has 5 nitrogen and oxygen atoms in total. The van der Waals surface area contributed by atoms with Gasteiger partial charge < -0.3 is 20.2 Å². The van der Waals surface area contributed by atoms with E-state index < -0.39 is 0 Å². The molecule has 1 atom stereocenters. The maximum atomic E-state index is 12.0. The van der Waals surface area contributed by atoms with E-state index in [1.54, 1.807) is 0 Å². The van der Waals surface area contributed by atoms with Crippen molar-refractivity contribution in [1.29, 1.82) is 0 Å². The second-order valence-electron chi connectivity index (χ2n) is 6.07. The van der Waals surface area contributed by atoms with Gasteiger partial charge >= 0.3 is 0 Å². The Labute approximate surface area is 123 Å². The molecule has 0 radical (unpaired) electrons. The van der Waals surface area contributed by atoms with Gasteiger partial charge in [0, 0.05) is 26.6 Å². The van der Waals surface area contributed by atoms with Crippen molar-refractivity contribution in [3.63, 3.8) is 0 Å². The van der Waals surface area contributed by atoms with Gasteiger partial charge in [0.1, 0.15) is 0 Å². The number of carbonyl (C=O) groups is 1. The number of hydrogen-bond acceptors (Lipinski definition) is 4. The number of likely N-dealkylation sites (tertiary alicyclic amines) is 1. The van der Waals surface area contributed by atoms with Crippen molar-refractivity contribution in [3.05, 3.63) is 0 Å². The molecular weight excluding hydrogens is 254 g/mol. The van der Waals surface area contributed by atoms with Crippen molar-refractivity contribution in [2.45, 2.75) is 38.7 Å². The van der Waals surface area contributed by atoms with Crippen molar-refractivity contribution >= 4 is 5.91 Å². The van der Waals surface area contributed by atoms with Crippen LogP contribution < -0.4 is 5.32 Å². The van der Waals surface area contributed by atoms with Crippen molar-refractivity contribution in [1.82, 2.24) is 15.1 Å². The van der Waals surface area contributed by atoms with Gasteiger partial charge in [0.15, 0.2) is 0 Å². The summed E-state index contributed by atoms with van der Waals surface area (Å²) in [5.74, 6) is 0.866.